The van der Waals surface area contributed by atoms with Crippen LogP contribution in [0.5, 0.6) is 0 Å². The summed E-state index contributed by atoms with van der Waals surface area (Å²) in [7, 11) is 1.94. The lowest BCUT2D eigenvalue weighted by atomic mass is 9.87. The minimum Gasteiger partial charge on any atom is -0.342 e. The van der Waals surface area contributed by atoms with Crippen LogP contribution in [0.2, 0.25) is 5.02 Å². The molecule has 1 aliphatic carbocycles. The molecule has 0 N–H and O–H groups in total. The van der Waals surface area contributed by atoms with Crippen molar-refractivity contribution < 1.29 is 0 Å². The zero-order chi connectivity index (χ0) is 24.2. The Morgan fingerprint density at radius 2 is 2.06 bits per heavy atom. The number of hydrogen-bond donors (Lipinski definition) is 1. The van der Waals surface area contributed by atoms with Gasteiger partial charge in [-0.05, 0) is 90.7 Å². The van der Waals surface area contributed by atoms with E-state index in [4.69, 9.17) is 11.6 Å². The smallest absolute Gasteiger partial charge is 0.0489 e. The molecule has 1 aromatic heterocycles. The molecule has 1 saturated carbocycles. The van der Waals surface area contributed by atoms with Crippen LogP contribution in [0.25, 0.3) is 16.5 Å². The average Bonchev–Trinajstić information content (AvgIpc) is 3.44. The van der Waals surface area contributed by atoms with E-state index in [0.717, 1.165) is 28.8 Å². The van der Waals surface area contributed by atoms with Crippen LogP contribution < -0.4 is 0 Å². The van der Waals surface area contributed by atoms with Gasteiger partial charge >= 0.3 is 0 Å². The van der Waals surface area contributed by atoms with E-state index in [9.17, 15) is 0 Å². The van der Waals surface area contributed by atoms with Crippen LogP contribution in [0, 0.1) is 18.8 Å². The second-order valence-electron chi connectivity index (χ2n) is 9.42. The molecule has 0 spiro atoms. The fourth-order valence-corrected chi connectivity index (χ4v) is 5.80. The van der Waals surface area contributed by atoms with E-state index in [0.29, 0.717) is 5.92 Å². The molecular formula is C29H34ClN3S. The number of aromatic nitrogens is 1. The fraction of sp³-hybridized carbons (Fsp3) is 0.345. The second-order valence-corrected chi connectivity index (χ2v) is 10.3. The van der Waals surface area contributed by atoms with Crippen LogP contribution in [0.3, 0.4) is 0 Å². The van der Waals surface area contributed by atoms with Gasteiger partial charge in [0.05, 0.1) is 0 Å². The van der Waals surface area contributed by atoms with Gasteiger partial charge in [-0.15, -0.1) is 0 Å². The fourth-order valence-electron chi connectivity index (χ4n) is 5.24. The van der Waals surface area contributed by atoms with Gasteiger partial charge in [0.2, 0.25) is 0 Å². The first kappa shape index (κ1) is 24.7. The van der Waals surface area contributed by atoms with Crippen molar-refractivity contribution in [2.45, 2.75) is 39.2 Å². The Hall–Kier alpha value is -2.43. The molecule has 1 heterocycles. The van der Waals surface area contributed by atoms with Crippen LogP contribution in [-0.4, -0.2) is 29.1 Å². The third kappa shape index (κ3) is 5.29. The summed E-state index contributed by atoms with van der Waals surface area (Å²) in [6, 6.07) is 14.7. The molecule has 1 aliphatic rings. The number of thiol groups is 1. The Kier molecular flexibility index (Phi) is 7.90. The maximum absolute atomic E-state index is 6.31. The van der Waals surface area contributed by atoms with Crippen LogP contribution >= 0.6 is 24.2 Å². The van der Waals surface area contributed by atoms with Crippen LogP contribution in [0.1, 0.15) is 42.4 Å². The molecule has 178 valence electrons. The Labute approximate surface area is 214 Å². The van der Waals surface area contributed by atoms with E-state index in [2.05, 4.69) is 91.3 Å². The summed E-state index contributed by atoms with van der Waals surface area (Å²) in [6.45, 7) is 11.2. The quantitative estimate of drug-likeness (QED) is 0.140. The molecule has 2 unspecified atom stereocenters. The molecule has 0 radical (unpaired) electrons. The van der Waals surface area contributed by atoms with Gasteiger partial charge in [-0.1, -0.05) is 42.4 Å². The number of allylic oxidation sites excluding steroid dienone is 2. The summed E-state index contributed by atoms with van der Waals surface area (Å²) < 4.78 is 2.32. The van der Waals surface area contributed by atoms with Gasteiger partial charge in [-0.2, -0.15) is 17.7 Å². The Bertz CT molecular complexity index is 1230. The molecule has 34 heavy (non-hydrogen) atoms. The highest BCUT2D eigenvalue weighted by Gasteiger charge is 2.29. The minimum atomic E-state index is 0.471. The van der Waals surface area contributed by atoms with Crippen molar-refractivity contribution in [2.24, 2.45) is 16.9 Å². The number of hydrogen-bond acceptors (Lipinski definition) is 3. The summed E-state index contributed by atoms with van der Waals surface area (Å²) in [5.41, 5.74) is 7.18. The number of rotatable bonds is 9. The Morgan fingerprint density at radius 1 is 1.26 bits per heavy atom. The molecule has 0 bridgehead atoms. The molecule has 0 amide bonds. The van der Waals surface area contributed by atoms with Crippen molar-refractivity contribution in [3.05, 3.63) is 88.7 Å². The van der Waals surface area contributed by atoms with Crippen LogP contribution in [-0.2, 0) is 6.54 Å². The molecule has 3 aromatic rings. The first-order valence-electron chi connectivity index (χ1n) is 12.0. The van der Waals surface area contributed by atoms with Gasteiger partial charge in [-0.3, -0.25) is 5.01 Å². The summed E-state index contributed by atoms with van der Waals surface area (Å²) in [4.78, 5) is 0. The van der Waals surface area contributed by atoms with Crippen molar-refractivity contribution in [1.82, 2.24) is 9.58 Å². The van der Waals surface area contributed by atoms with Crippen molar-refractivity contribution >= 4 is 47.4 Å². The van der Waals surface area contributed by atoms with Gasteiger partial charge in [-0.25, -0.2) is 0 Å². The Balaban J connectivity index is 1.74. The van der Waals surface area contributed by atoms with Crippen molar-refractivity contribution in [1.29, 1.82) is 0 Å². The summed E-state index contributed by atoms with van der Waals surface area (Å²) in [5.74, 6) is 2.15. The lowest BCUT2D eigenvalue weighted by molar-refractivity contribution is 0.476. The maximum atomic E-state index is 6.31. The van der Waals surface area contributed by atoms with E-state index in [1.165, 1.54) is 58.8 Å². The lowest BCUT2D eigenvalue weighted by Crippen LogP contribution is -2.09. The van der Waals surface area contributed by atoms with Gasteiger partial charge in [0.15, 0.2) is 0 Å². The van der Waals surface area contributed by atoms with Gasteiger partial charge in [0, 0.05) is 54.2 Å². The number of para-hydroxylation sites is 1. The number of hydrazone groups is 1. The zero-order valence-corrected chi connectivity index (χ0v) is 21.8. The zero-order valence-electron chi connectivity index (χ0n) is 20.2. The first-order chi connectivity index (χ1) is 16.4. The van der Waals surface area contributed by atoms with E-state index in [-0.39, 0.29) is 0 Å². The largest absolute Gasteiger partial charge is 0.342 e. The predicted molar refractivity (Wildman–Crippen MR) is 151 cm³/mol. The number of benzene rings is 2. The van der Waals surface area contributed by atoms with Crippen molar-refractivity contribution in [2.75, 3.05) is 12.8 Å². The monoisotopic (exact) mass is 491 g/mol. The third-order valence-corrected chi connectivity index (χ3v) is 7.67. The molecule has 0 saturated heterocycles. The molecule has 2 aromatic carbocycles. The average molecular weight is 492 g/mol. The number of fused-ring (bicyclic) bond motifs is 1. The van der Waals surface area contributed by atoms with E-state index in [1.807, 2.05) is 13.1 Å². The van der Waals surface area contributed by atoms with E-state index >= 15 is 0 Å². The molecule has 2 atom stereocenters. The highest BCUT2D eigenvalue weighted by Crippen LogP contribution is 2.43. The number of halogens is 1. The molecule has 5 heteroatoms. The number of aryl methyl sites for hydroxylation is 1. The van der Waals surface area contributed by atoms with E-state index in [1.54, 1.807) is 5.01 Å². The van der Waals surface area contributed by atoms with Crippen LogP contribution in [0.4, 0.5) is 0 Å². The maximum Gasteiger partial charge on any atom is 0.0489 e. The number of nitrogens with zero attached hydrogens (tertiary/aromatic N) is 3. The predicted octanol–water partition coefficient (Wildman–Crippen LogP) is 7.83. The third-order valence-electron chi connectivity index (χ3n) is 7.18. The van der Waals surface area contributed by atoms with Gasteiger partial charge < -0.3 is 4.57 Å². The SMILES string of the molecule is C=NN(C)/C=C(/C(=C)c1cn(Cc2cc(Cl)ccc2C)c2ccccc12)C1CCC(CCS)C1. The molecule has 1 fully saturated rings. The van der Waals surface area contributed by atoms with Gasteiger partial charge in [0.1, 0.15) is 0 Å². The minimum absolute atomic E-state index is 0.471. The second kappa shape index (κ2) is 10.9. The summed E-state index contributed by atoms with van der Waals surface area (Å²) >= 11 is 10.8. The summed E-state index contributed by atoms with van der Waals surface area (Å²) in [6.07, 6.45) is 9.15. The van der Waals surface area contributed by atoms with Crippen LogP contribution in [0.15, 0.2) is 72.1 Å². The lowest BCUT2D eigenvalue weighted by Gasteiger charge is -2.20. The molecule has 0 aliphatic heterocycles. The highest BCUT2D eigenvalue weighted by atomic mass is 35.5. The van der Waals surface area contributed by atoms with Crippen molar-refractivity contribution in [3.63, 3.8) is 0 Å². The standard InChI is InChI=1S/C29H34ClN3S/c1-20-9-12-25(30)16-24(20)17-33-19-28(26-7-5-6-8-29(26)33)21(2)27(18-32(4)31-3)23-11-10-22(15-23)13-14-34/h5-9,12,16,18-19,22-23,34H,2-3,10-11,13-15,17H2,1,4H3/b27-18-. The molecular weight excluding hydrogens is 458 g/mol. The van der Waals surface area contributed by atoms with E-state index < -0.39 is 0 Å². The van der Waals surface area contributed by atoms with Gasteiger partial charge in [0.25, 0.3) is 0 Å². The Morgan fingerprint density at radius 3 is 2.82 bits per heavy atom. The normalized spacial score (nSPS) is 18.4. The topological polar surface area (TPSA) is 20.5 Å². The molecule has 4 rings (SSSR count). The first-order valence-corrected chi connectivity index (χ1v) is 13.0. The molecule has 3 nitrogen and oxygen atoms in total. The summed E-state index contributed by atoms with van der Waals surface area (Å²) in [5, 5.41) is 7.90. The van der Waals surface area contributed by atoms with Crippen molar-refractivity contribution in [3.8, 4) is 0 Å². The highest BCUT2D eigenvalue weighted by molar-refractivity contribution is 7.80.